The number of thiazole rings is 1. The van der Waals surface area contributed by atoms with Crippen LogP contribution in [0.5, 0.6) is 28.7 Å². The van der Waals surface area contributed by atoms with Crippen molar-refractivity contribution in [3.05, 3.63) is 71.3 Å². The summed E-state index contributed by atoms with van der Waals surface area (Å²) in [6, 6.07) is 14.6. The van der Waals surface area contributed by atoms with E-state index in [2.05, 4.69) is 0 Å². The van der Waals surface area contributed by atoms with E-state index in [1.165, 1.54) is 16.2 Å². The number of ether oxygens (including phenoxy) is 5. The predicted octanol–water partition coefficient (Wildman–Crippen LogP) is 5.89. The van der Waals surface area contributed by atoms with Gasteiger partial charge in [0.15, 0.2) is 28.1 Å². The highest BCUT2D eigenvalue weighted by Crippen LogP contribution is 2.46. The van der Waals surface area contributed by atoms with Gasteiger partial charge in [0.2, 0.25) is 0 Å². The Morgan fingerprint density at radius 3 is 2.58 bits per heavy atom. The Labute approximate surface area is 252 Å². The molecule has 1 N–H and O–H groups in total. The smallest absolute Gasteiger partial charge is 0.301 e. The molecule has 4 aromatic rings. The summed E-state index contributed by atoms with van der Waals surface area (Å²) in [6.45, 7) is 5.52. The van der Waals surface area contributed by atoms with Gasteiger partial charge >= 0.3 is 5.91 Å². The monoisotopic (exact) mass is 602 g/mol. The number of benzene rings is 3. The van der Waals surface area contributed by atoms with Crippen molar-refractivity contribution in [2.75, 3.05) is 38.4 Å². The molecular weight excluding hydrogens is 572 g/mol. The first kappa shape index (κ1) is 28.4. The van der Waals surface area contributed by atoms with Crippen molar-refractivity contribution < 1.29 is 38.4 Å². The fourth-order valence-corrected chi connectivity index (χ4v) is 6.13. The average Bonchev–Trinajstić information content (AvgIpc) is 3.57. The summed E-state index contributed by atoms with van der Waals surface area (Å²) in [4.78, 5) is 33.5. The first-order valence-corrected chi connectivity index (χ1v) is 14.8. The molecule has 6 rings (SSSR count). The van der Waals surface area contributed by atoms with Crippen LogP contribution in [0.2, 0.25) is 0 Å². The lowest BCUT2D eigenvalue weighted by molar-refractivity contribution is -0.132. The minimum Gasteiger partial charge on any atom is -0.507 e. The minimum atomic E-state index is -1.00. The van der Waals surface area contributed by atoms with Crippen LogP contribution in [-0.4, -0.2) is 55.3 Å². The molecule has 1 saturated heterocycles. The Bertz CT molecular complexity index is 1750. The Balaban J connectivity index is 1.53. The molecule has 0 unspecified atom stereocenters. The number of ketones is 1. The van der Waals surface area contributed by atoms with E-state index >= 15 is 0 Å². The van der Waals surface area contributed by atoms with Gasteiger partial charge in [0.05, 0.1) is 42.2 Å². The SMILES string of the molecule is CCCOc1ccc([C@H]2C(=C(O)c3ccc4c(c3)OCCO4)C(=O)C(=O)N2c2nc3ccc(OC)cc3s2)cc1OCC. The third-order valence-corrected chi connectivity index (χ3v) is 8.11. The topological polar surface area (TPSA) is 117 Å². The molecule has 11 heteroatoms. The van der Waals surface area contributed by atoms with Gasteiger partial charge < -0.3 is 28.8 Å². The van der Waals surface area contributed by atoms with E-state index in [0.29, 0.717) is 77.0 Å². The molecule has 43 heavy (non-hydrogen) atoms. The van der Waals surface area contributed by atoms with Gasteiger partial charge in [-0.2, -0.15) is 0 Å². The summed E-state index contributed by atoms with van der Waals surface area (Å²) in [5.74, 6) is 0.651. The Hall–Kier alpha value is -4.77. The zero-order valence-corrected chi connectivity index (χ0v) is 24.7. The van der Waals surface area contributed by atoms with Gasteiger partial charge in [-0.15, -0.1) is 0 Å². The molecule has 0 spiro atoms. The molecule has 3 aromatic carbocycles. The Morgan fingerprint density at radius 2 is 1.81 bits per heavy atom. The highest BCUT2D eigenvalue weighted by molar-refractivity contribution is 7.22. The number of Topliss-reactive ketones (excluding diaryl/α,β-unsaturated/α-hetero) is 1. The standard InChI is InChI=1S/C32H30N2O8S/c1-4-12-40-22-10-6-18(15-24(22)39-5-2)28-27(29(35)19-7-11-23-25(16-19)42-14-13-41-23)30(36)31(37)34(28)32-33-21-9-8-20(38-3)17-26(21)43-32/h6-11,15-17,28,35H,4-5,12-14H2,1-3H3/t28-/m0/s1. The molecule has 1 fully saturated rings. The normalized spacial score (nSPS) is 17.4. The molecule has 1 atom stereocenters. The van der Waals surface area contributed by atoms with Crippen molar-refractivity contribution in [3.63, 3.8) is 0 Å². The molecule has 0 saturated carbocycles. The number of fused-ring (bicyclic) bond motifs is 2. The van der Waals surface area contributed by atoms with Crippen LogP contribution in [0.1, 0.15) is 37.4 Å². The highest BCUT2D eigenvalue weighted by atomic mass is 32.1. The van der Waals surface area contributed by atoms with Gasteiger partial charge in [-0.05, 0) is 67.4 Å². The first-order chi connectivity index (χ1) is 20.9. The number of amides is 1. The lowest BCUT2D eigenvalue weighted by Crippen LogP contribution is -2.29. The number of hydrogen-bond acceptors (Lipinski definition) is 10. The maximum Gasteiger partial charge on any atom is 0.301 e. The van der Waals surface area contributed by atoms with Crippen molar-refractivity contribution >= 4 is 44.1 Å². The van der Waals surface area contributed by atoms with Crippen LogP contribution in [0.3, 0.4) is 0 Å². The van der Waals surface area contributed by atoms with Gasteiger partial charge in [0.1, 0.15) is 24.7 Å². The first-order valence-electron chi connectivity index (χ1n) is 14.0. The molecule has 1 amide bonds. The lowest BCUT2D eigenvalue weighted by atomic mass is 9.95. The fourth-order valence-electron chi connectivity index (χ4n) is 5.11. The number of aromatic nitrogens is 1. The zero-order valence-electron chi connectivity index (χ0n) is 23.9. The van der Waals surface area contributed by atoms with Crippen LogP contribution >= 0.6 is 11.3 Å². The van der Waals surface area contributed by atoms with E-state index < -0.39 is 17.7 Å². The number of hydrogen-bond donors (Lipinski definition) is 1. The van der Waals surface area contributed by atoms with Gasteiger partial charge in [0, 0.05) is 5.56 Å². The number of anilines is 1. The van der Waals surface area contributed by atoms with Crippen molar-refractivity contribution in [2.45, 2.75) is 26.3 Å². The summed E-state index contributed by atoms with van der Waals surface area (Å²) in [6.07, 6.45) is 0.811. The number of nitrogens with zero attached hydrogens (tertiary/aromatic N) is 2. The second-order valence-electron chi connectivity index (χ2n) is 9.85. The van der Waals surface area contributed by atoms with Crippen molar-refractivity contribution in [2.24, 2.45) is 0 Å². The van der Waals surface area contributed by atoms with Gasteiger partial charge in [-0.1, -0.05) is 24.3 Å². The summed E-state index contributed by atoms with van der Waals surface area (Å²) in [7, 11) is 1.57. The highest BCUT2D eigenvalue weighted by Gasteiger charge is 2.48. The summed E-state index contributed by atoms with van der Waals surface area (Å²) < 4.78 is 29.2. The quantitative estimate of drug-likeness (QED) is 0.142. The number of carbonyl (C=O) groups is 2. The molecule has 222 valence electrons. The molecule has 10 nitrogen and oxygen atoms in total. The van der Waals surface area contributed by atoms with Crippen molar-refractivity contribution in [1.29, 1.82) is 0 Å². The molecule has 1 aromatic heterocycles. The van der Waals surface area contributed by atoms with Crippen LogP contribution in [0, 0.1) is 0 Å². The molecule has 0 radical (unpaired) electrons. The second-order valence-corrected chi connectivity index (χ2v) is 10.9. The number of aliphatic hydroxyl groups excluding tert-OH is 1. The lowest BCUT2D eigenvalue weighted by Gasteiger charge is -2.24. The molecule has 0 aliphatic carbocycles. The summed E-state index contributed by atoms with van der Waals surface area (Å²) in [5, 5.41) is 12.0. The fraction of sp³-hybridized carbons (Fsp3) is 0.281. The minimum absolute atomic E-state index is 0.0804. The van der Waals surface area contributed by atoms with Crippen molar-refractivity contribution in [3.8, 4) is 28.7 Å². The van der Waals surface area contributed by atoms with E-state index in [1.54, 1.807) is 55.6 Å². The number of rotatable bonds is 9. The molecular formula is C32H30N2O8S. The van der Waals surface area contributed by atoms with E-state index in [4.69, 9.17) is 28.7 Å². The molecule has 2 aliphatic rings. The number of aliphatic hydroxyl groups is 1. The van der Waals surface area contributed by atoms with E-state index in [-0.39, 0.29) is 11.3 Å². The van der Waals surface area contributed by atoms with Crippen LogP contribution in [0.4, 0.5) is 5.13 Å². The molecule has 3 heterocycles. The van der Waals surface area contributed by atoms with E-state index in [0.717, 1.165) is 11.1 Å². The zero-order chi connectivity index (χ0) is 30.1. The molecule has 0 bridgehead atoms. The average molecular weight is 603 g/mol. The number of carbonyl (C=O) groups excluding carboxylic acids is 2. The van der Waals surface area contributed by atoms with E-state index in [1.807, 2.05) is 19.9 Å². The maximum atomic E-state index is 13.8. The summed E-state index contributed by atoms with van der Waals surface area (Å²) >= 11 is 1.25. The van der Waals surface area contributed by atoms with Crippen LogP contribution < -0.4 is 28.6 Å². The molecule has 2 aliphatic heterocycles. The van der Waals surface area contributed by atoms with Crippen LogP contribution in [-0.2, 0) is 9.59 Å². The largest absolute Gasteiger partial charge is 0.507 e. The Morgan fingerprint density at radius 1 is 1.00 bits per heavy atom. The maximum absolute atomic E-state index is 13.8. The van der Waals surface area contributed by atoms with Gasteiger partial charge in [0.25, 0.3) is 5.78 Å². The van der Waals surface area contributed by atoms with Crippen molar-refractivity contribution in [1.82, 2.24) is 4.98 Å². The second kappa shape index (κ2) is 11.8. The third kappa shape index (κ3) is 5.20. The third-order valence-electron chi connectivity index (χ3n) is 7.10. The van der Waals surface area contributed by atoms with E-state index in [9.17, 15) is 14.7 Å². The summed E-state index contributed by atoms with van der Waals surface area (Å²) in [5.41, 5.74) is 1.42. The van der Waals surface area contributed by atoms with Crippen LogP contribution in [0.25, 0.3) is 16.0 Å². The van der Waals surface area contributed by atoms with Crippen LogP contribution in [0.15, 0.2) is 60.2 Å². The Kier molecular flexibility index (Phi) is 7.81. The van der Waals surface area contributed by atoms with Gasteiger partial charge in [-0.3, -0.25) is 14.5 Å². The van der Waals surface area contributed by atoms with Gasteiger partial charge in [-0.25, -0.2) is 4.98 Å². The number of methoxy groups -OCH3 is 1. The predicted molar refractivity (Wildman–Crippen MR) is 162 cm³/mol.